The van der Waals surface area contributed by atoms with Crippen molar-refractivity contribution in [2.75, 3.05) is 5.73 Å². The lowest BCUT2D eigenvalue weighted by Gasteiger charge is -2.06. The molecule has 0 saturated heterocycles. The number of fused-ring (bicyclic) bond motifs is 2. The standard InChI is InChI=1S/C25H19N7O/c26-24-20-11-16(1-2-21(20)31-32-24)18-6-10-29-25-19(18)13-22(30-25)17-5-9-28-23(12-17)33-14-15-3-7-27-8-4-15/h1-13H,14H2,(H,29,30)(H3,26,31,32). The second-order valence-electron chi connectivity index (χ2n) is 7.70. The van der Waals surface area contributed by atoms with Crippen LogP contribution in [0.5, 0.6) is 5.88 Å². The van der Waals surface area contributed by atoms with Crippen molar-refractivity contribution in [1.29, 1.82) is 0 Å². The monoisotopic (exact) mass is 433 g/mol. The molecule has 0 aliphatic rings. The number of hydrogen-bond acceptors (Lipinski definition) is 6. The van der Waals surface area contributed by atoms with Crippen LogP contribution in [0.2, 0.25) is 0 Å². The van der Waals surface area contributed by atoms with Crippen LogP contribution in [0.15, 0.2) is 79.4 Å². The van der Waals surface area contributed by atoms with Gasteiger partial charge in [-0.1, -0.05) is 6.07 Å². The highest BCUT2D eigenvalue weighted by molar-refractivity contribution is 5.99. The predicted octanol–water partition coefficient (Wildman–Crippen LogP) is 4.72. The Kier molecular flexibility index (Phi) is 4.47. The molecule has 0 bridgehead atoms. The van der Waals surface area contributed by atoms with E-state index in [1.54, 1.807) is 24.8 Å². The van der Waals surface area contributed by atoms with E-state index in [1.807, 2.05) is 42.5 Å². The molecule has 6 aromatic rings. The molecule has 0 amide bonds. The van der Waals surface area contributed by atoms with E-state index < -0.39 is 0 Å². The number of nitrogens with two attached hydrogens (primary N) is 1. The summed E-state index contributed by atoms with van der Waals surface area (Å²) in [4.78, 5) is 16.3. The first kappa shape index (κ1) is 19.0. The Hall–Kier alpha value is -4.72. The van der Waals surface area contributed by atoms with Gasteiger partial charge in [-0.05, 0) is 59.2 Å². The van der Waals surface area contributed by atoms with Gasteiger partial charge in [0, 0.05) is 52.9 Å². The minimum atomic E-state index is 0.428. The van der Waals surface area contributed by atoms with Gasteiger partial charge in [-0.15, -0.1) is 0 Å². The number of nitrogens with zero attached hydrogens (tertiary/aromatic N) is 4. The number of hydrogen-bond donors (Lipinski definition) is 3. The Morgan fingerprint density at radius 3 is 2.61 bits per heavy atom. The van der Waals surface area contributed by atoms with Crippen molar-refractivity contribution in [3.05, 3.63) is 84.9 Å². The highest BCUT2D eigenvalue weighted by Crippen LogP contribution is 2.33. The Balaban J connectivity index is 1.35. The summed E-state index contributed by atoms with van der Waals surface area (Å²) in [5.74, 6) is 1.04. The quantitative estimate of drug-likeness (QED) is 0.362. The van der Waals surface area contributed by atoms with Gasteiger partial charge in [0.15, 0.2) is 5.82 Å². The lowest BCUT2D eigenvalue weighted by atomic mass is 10.0. The van der Waals surface area contributed by atoms with Gasteiger partial charge in [-0.3, -0.25) is 10.1 Å². The van der Waals surface area contributed by atoms with Crippen LogP contribution >= 0.6 is 0 Å². The van der Waals surface area contributed by atoms with Crippen molar-refractivity contribution in [2.24, 2.45) is 0 Å². The summed E-state index contributed by atoms with van der Waals surface area (Å²) in [6.07, 6.45) is 7.04. The van der Waals surface area contributed by atoms with Gasteiger partial charge in [0.1, 0.15) is 12.3 Å². The summed E-state index contributed by atoms with van der Waals surface area (Å²) in [5, 5.41) is 8.95. The van der Waals surface area contributed by atoms with Crippen LogP contribution in [0.3, 0.4) is 0 Å². The van der Waals surface area contributed by atoms with E-state index in [2.05, 4.69) is 42.3 Å². The highest BCUT2D eigenvalue weighted by Gasteiger charge is 2.12. The lowest BCUT2D eigenvalue weighted by molar-refractivity contribution is 0.294. The number of anilines is 1. The van der Waals surface area contributed by atoms with Crippen molar-refractivity contribution >= 4 is 27.8 Å². The first-order valence-corrected chi connectivity index (χ1v) is 10.4. The van der Waals surface area contributed by atoms with Gasteiger partial charge in [0.2, 0.25) is 5.88 Å². The molecule has 8 heteroatoms. The Bertz CT molecular complexity index is 1590. The molecule has 4 N–H and O–H groups in total. The van der Waals surface area contributed by atoms with E-state index in [9.17, 15) is 0 Å². The molecule has 0 saturated carbocycles. The van der Waals surface area contributed by atoms with Crippen LogP contribution in [0.4, 0.5) is 5.82 Å². The molecule has 6 rings (SSSR count). The molecule has 33 heavy (non-hydrogen) atoms. The zero-order valence-electron chi connectivity index (χ0n) is 17.5. The summed E-state index contributed by atoms with van der Waals surface area (Å²) in [7, 11) is 0. The van der Waals surface area contributed by atoms with Gasteiger partial charge >= 0.3 is 0 Å². The van der Waals surface area contributed by atoms with Crippen LogP contribution in [0, 0.1) is 0 Å². The predicted molar refractivity (Wildman–Crippen MR) is 127 cm³/mol. The number of nitrogen functional groups attached to an aromatic ring is 1. The zero-order chi connectivity index (χ0) is 22.2. The number of H-pyrrole nitrogens is 2. The van der Waals surface area contributed by atoms with Crippen LogP contribution in [0.1, 0.15) is 5.56 Å². The third-order valence-corrected chi connectivity index (χ3v) is 5.62. The van der Waals surface area contributed by atoms with Crippen LogP contribution in [-0.2, 0) is 6.61 Å². The lowest BCUT2D eigenvalue weighted by Crippen LogP contribution is -1.97. The molecule has 0 aliphatic heterocycles. The van der Waals surface area contributed by atoms with Crippen molar-refractivity contribution in [2.45, 2.75) is 6.61 Å². The first-order chi connectivity index (χ1) is 16.2. The molecular formula is C25H19N7O. The van der Waals surface area contributed by atoms with E-state index in [4.69, 9.17) is 10.5 Å². The van der Waals surface area contributed by atoms with Gasteiger partial charge < -0.3 is 15.5 Å². The Morgan fingerprint density at radius 2 is 1.70 bits per heavy atom. The number of aromatic nitrogens is 6. The molecular weight excluding hydrogens is 414 g/mol. The minimum absolute atomic E-state index is 0.428. The first-order valence-electron chi connectivity index (χ1n) is 10.4. The summed E-state index contributed by atoms with van der Waals surface area (Å²) in [6, 6.07) is 17.9. The molecule has 160 valence electrons. The third-order valence-electron chi connectivity index (χ3n) is 5.62. The Labute approximate surface area is 188 Å². The second-order valence-corrected chi connectivity index (χ2v) is 7.70. The summed E-state index contributed by atoms with van der Waals surface area (Å²) in [5.41, 5.74) is 12.8. The van der Waals surface area contributed by atoms with Crippen molar-refractivity contribution in [3.63, 3.8) is 0 Å². The van der Waals surface area contributed by atoms with Gasteiger partial charge in [0.25, 0.3) is 0 Å². The molecule has 0 spiro atoms. The average Bonchev–Trinajstić information content (AvgIpc) is 3.47. The smallest absolute Gasteiger partial charge is 0.214 e. The molecule has 5 aromatic heterocycles. The molecule has 0 atom stereocenters. The van der Waals surface area contributed by atoms with E-state index in [1.165, 1.54) is 0 Å². The SMILES string of the molecule is Nc1n[nH]c2ccc(-c3ccnc4[nH]c(-c5ccnc(OCc6ccncc6)c5)cc34)cc12. The third kappa shape index (κ3) is 3.53. The van der Waals surface area contributed by atoms with Crippen LogP contribution in [0.25, 0.3) is 44.3 Å². The number of benzene rings is 1. The van der Waals surface area contributed by atoms with Gasteiger partial charge in [-0.2, -0.15) is 5.10 Å². The number of pyridine rings is 3. The van der Waals surface area contributed by atoms with Gasteiger partial charge in [0.05, 0.1) is 5.52 Å². The maximum atomic E-state index is 6.01. The maximum absolute atomic E-state index is 6.01. The van der Waals surface area contributed by atoms with Crippen LogP contribution in [-0.4, -0.2) is 30.1 Å². The number of aromatic amines is 2. The highest BCUT2D eigenvalue weighted by atomic mass is 16.5. The van der Waals surface area contributed by atoms with Gasteiger partial charge in [-0.25, -0.2) is 9.97 Å². The van der Waals surface area contributed by atoms with Crippen LogP contribution < -0.4 is 10.5 Å². The summed E-state index contributed by atoms with van der Waals surface area (Å²) < 4.78 is 5.88. The van der Waals surface area contributed by atoms with Crippen molar-refractivity contribution in [1.82, 2.24) is 30.1 Å². The molecule has 1 aromatic carbocycles. The maximum Gasteiger partial charge on any atom is 0.214 e. The van der Waals surface area contributed by atoms with Crippen molar-refractivity contribution in [3.8, 4) is 28.3 Å². The fourth-order valence-corrected chi connectivity index (χ4v) is 3.93. The molecule has 5 heterocycles. The molecule has 0 fully saturated rings. The van der Waals surface area contributed by atoms with E-state index in [-0.39, 0.29) is 0 Å². The topological polar surface area (TPSA) is 118 Å². The van der Waals surface area contributed by atoms with E-state index >= 15 is 0 Å². The Morgan fingerprint density at radius 1 is 0.818 bits per heavy atom. The summed E-state index contributed by atoms with van der Waals surface area (Å²) >= 11 is 0. The number of rotatable bonds is 5. The molecule has 0 unspecified atom stereocenters. The fraction of sp³-hybridized carbons (Fsp3) is 0.0400. The fourth-order valence-electron chi connectivity index (χ4n) is 3.93. The zero-order valence-corrected chi connectivity index (χ0v) is 17.5. The average molecular weight is 433 g/mol. The molecule has 0 radical (unpaired) electrons. The van der Waals surface area contributed by atoms with Crippen molar-refractivity contribution < 1.29 is 4.74 Å². The second kappa shape index (κ2) is 7.76. The minimum Gasteiger partial charge on any atom is -0.473 e. The summed E-state index contributed by atoms with van der Waals surface area (Å²) in [6.45, 7) is 0.428. The number of ether oxygens (including phenoxy) is 1. The molecule has 0 aliphatic carbocycles. The van der Waals surface area contributed by atoms with E-state index in [0.717, 1.165) is 49.9 Å². The van der Waals surface area contributed by atoms with E-state index in [0.29, 0.717) is 18.3 Å². The normalized spacial score (nSPS) is 11.3. The molecule has 8 nitrogen and oxygen atoms in total. The largest absolute Gasteiger partial charge is 0.473 e. The number of nitrogens with one attached hydrogen (secondary N) is 2.